The monoisotopic (exact) mass is 418 g/mol. The number of carboxylic acid groups (broad SMARTS) is 1. The molecule has 0 aliphatic carbocycles. The smallest absolute Gasteiger partial charge is 0.335 e. The minimum Gasteiger partial charge on any atom is -0.507 e. The fourth-order valence-electron chi connectivity index (χ4n) is 3.52. The van der Waals surface area contributed by atoms with Gasteiger partial charge >= 0.3 is 5.97 Å². The lowest BCUT2D eigenvalue weighted by molar-refractivity contribution is 0.0696. The SMILES string of the molecule is CCCc1c(OCc2cccc(Cc3ccc(C(=O)O)cc3)c2)ccc(C(C)=O)c1O. The topological polar surface area (TPSA) is 83.8 Å². The number of carboxylic acids is 1. The van der Waals surface area contributed by atoms with E-state index in [1.807, 2.05) is 43.3 Å². The van der Waals surface area contributed by atoms with Crippen LogP contribution in [-0.2, 0) is 19.4 Å². The van der Waals surface area contributed by atoms with Crippen LogP contribution >= 0.6 is 0 Å². The Morgan fingerprint density at radius 3 is 2.29 bits per heavy atom. The highest BCUT2D eigenvalue weighted by Gasteiger charge is 2.16. The number of carbonyl (C=O) groups excluding carboxylic acids is 1. The molecule has 0 aliphatic rings. The van der Waals surface area contributed by atoms with Gasteiger partial charge in [-0.2, -0.15) is 0 Å². The number of aromatic carboxylic acids is 1. The number of aromatic hydroxyl groups is 1. The third-order valence-corrected chi connectivity index (χ3v) is 5.11. The Hall–Kier alpha value is -3.60. The van der Waals surface area contributed by atoms with Crippen LogP contribution in [0.3, 0.4) is 0 Å². The van der Waals surface area contributed by atoms with Crippen LogP contribution in [0.25, 0.3) is 0 Å². The Morgan fingerprint density at radius 2 is 1.65 bits per heavy atom. The van der Waals surface area contributed by atoms with Gasteiger partial charge in [0.05, 0.1) is 11.1 Å². The molecule has 5 nitrogen and oxygen atoms in total. The molecule has 31 heavy (non-hydrogen) atoms. The number of ketones is 1. The number of hydrogen-bond acceptors (Lipinski definition) is 4. The maximum absolute atomic E-state index is 11.7. The second-order valence-corrected chi connectivity index (χ2v) is 7.53. The predicted octanol–water partition coefficient (Wildman–Crippen LogP) is 5.42. The summed E-state index contributed by atoms with van der Waals surface area (Å²) >= 11 is 0. The number of phenolic OH excluding ortho intramolecular Hbond substituents is 1. The van der Waals surface area contributed by atoms with E-state index in [-0.39, 0.29) is 17.1 Å². The van der Waals surface area contributed by atoms with Crippen molar-refractivity contribution in [3.63, 3.8) is 0 Å². The summed E-state index contributed by atoms with van der Waals surface area (Å²) in [6, 6.07) is 18.2. The predicted molar refractivity (Wildman–Crippen MR) is 119 cm³/mol. The summed E-state index contributed by atoms with van der Waals surface area (Å²) in [5, 5.41) is 19.5. The zero-order valence-corrected chi connectivity index (χ0v) is 17.7. The first-order valence-corrected chi connectivity index (χ1v) is 10.3. The number of carbonyl (C=O) groups is 2. The van der Waals surface area contributed by atoms with Gasteiger partial charge in [0.2, 0.25) is 0 Å². The second-order valence-electron chi connectivity index (χ2n) is 7.53. The molecule has 2 N–H and O–H groups in total. The Morgan fingerprint density at radius 1 is 0.935 bits per heavy atom. The van der Waals surface area contributed by atoms with Crippen molar-refractivity contribution in [2.45, 2.75) is 39.7 Å². The number of ether oxygens (including phenoxy) is 1. The molecule has 0 amide bonds. The first-order valence-electron chi connectivity index (χ1n) is 10.3. The fourth-order valence-corrected chi connectivity index (χ4v) is 3.52. The molecule has 0 unspecified atom stereocenters. The molecule has 0 aliphatic heterocycles. The first-order chi connectivity index (χ1) is 14.9. The number of Topliss-reactive ketones (excluding diaryl/α,β-unsaturated/α-hetero) is 1. The van der Waals surface area contributed by atoms with E-state index < -0.39 is 5.97 Å². The zero-order valence-electron chi connectivity index (χ0n) is 17.7. The summed E-state index contributed by atoms with van der Waals surface area (Å²) in [5.74, 6) is -0.523. The molecule has 0 fully saturated rings. The highest BCUT2D eigenvalue weighted by Crippen LogP contribution is 2.33. The minimum absolute atomic E-state index is 0.00501. The summed E-state index contributed by atoms with van der Waals surface area (Å²) in [7, 11) is 0. The largest absolute Gasteiger partial charge is 0.507 e. The van der Waals surface area contributed by atoms with E-state index in [4.69, 9.17) is 9.84 Å². The van der Waals surface area contributed by atoms with Gasteiger partial charge in [-0.1, -0.05) is 49.7 Å². The lowest BCUT2D eigenvalue weighted by Crippen LogP contribution is -2.03. The molecule has 5 heteroatoms. The van der Waals surface area contributed by atoms with Crippen LogP contribution in [0.15, 0.2) is 60.7 Å². The van der Waals surface area contributed by atoms with E-state index in [0.29, 0.717) is 36.3 Å². The van der Waals surface area contributed by atoms with Gasteiger partial charge in [-0.3, -0.25) is 4.79 Å². The van der Waals surface area contributed by atoms with Crippen LogP contribution in [0, 0.1) is 0 Å². The van der Waals surface area contributed by atoms with Crippen molar-refractivity contribution >= 4 is 11.8 Å². The summed E-state index contributed by atoms with van der Waals surface area (Å²) < 4.78 is 6.00. The molecular formula is C26H26O5. The zero-order chi connectivity index (χ0) is 22.4. The molecule has 3 aromatic rings. The van der Waals surface area contributed by atoms with Crippen molar-refractivity contribution < 1.29 is 24.5 Å². The lowest BCUT2D eigenvalue weighted by Gasteiger charge is -2.15. The average molecular weight is 418 g/mol. The van der Waals surface area contributed by atoms with Gasteiger partial charge in [0.1, 0.15) is 18.1 Å². The standard InChI is InChI=1S/C26H26O5/c1-3-5-23-24(13-12-22(17(2)27)25(23)28)31-16-20-7-4-6-19(15-20)14-18-8-10-21(11-9-18)26(29)30/h4,6-13,15,28H,3,5,14,16H2,1-2H3,(H,29,30). The van der Waals surface area contributed by atoms with E-state index >= 15 is 0 Å². The van der Waals surface area contributed by atoms with Gasteiger partial charge in [-0.05, 0) is 60.7 Å². The molecule has 0 heterocycles. The van der Waals surface area contributed by atoms with E-state index in [9.17, 15) is 14.7 Å². The number of benzene rings is 3. The van der Waals surface area contributed by atoms with Crippen LogP contribution in [0.4, 0.5) is 0 Å². The highest BCUT2D eigenvalue weighted by molar-refractivity contribution is 5.97. The Kier molecular flexibility index (Phi) is 7.08. The summed E-state index contributed by atoms with van der Waals surface area (Å²) in [6.45, 7) is 3.78. The third kappa shape index (κ3) is 5.51. The molecular weight excluding hydrogens is 392 g/mol. The molecule has 0 saturated heterocycles. The van der Waals surface area contributed by atoms with Crippen LogP contribution in [-0.4, -0.2) is 22.0 Å². The van der Waals surface area contributed by atoms with Gasteiger partial charge in [0, 0.05) is 5.56 Å². The molecule has 0 atom stereocenters. The molecule has 0 aromatic heterocycles. The molecule has 0 radical (unpaired) electrons. The normalized spacial score (nSPS) is 10.6. The van der Waals surface area contributed by atoms with Gasteiger partial charge in [0.15, 0.2) is 5.78 Å². The minimum atomic E-state index is -0.935. The summed E-state index contributed by atoms with van der Waals surface area (Å²) in [4.78, 5) is 22.7. The third-order valence-electron chi connectivity index (χ3n) is 5.11. The molecule has 3 rings (SSSR count). The molecule has 0 spiro atoms. The van der Waals surface area contributed by atoms with Gasteiger partial charge < -0.3 is 14.9 Å². The van der Waals surface area contributed by atoms with Crippen molar-refractivity contribution in [3.8, 4) is 11.5 Å². The van der Waals surface area contributed by atoms with Crippen molar-refractivity contribution in [2.75, 3.05) is 0 Å². The molecule has 0 bridgehead atoms. The Balaban J connectivity index is 1.73. The van der Waals surface area contributed by atoms with Crippen LogP contribution < -0.4 is 4.74 Å². The Bertz CT molecular complexity index is 1080. The Labute approximate surface area is 181 Å². The van der Waals surface area contributed by atoms with E-state index in [1.165, 1.54) is 6.92 Å². The summed E-state index contributed by atoms with van der Waals surface area (Å²) in [5.41, 5.74) is 4.34. The molecule has 0 saturated carbocycles. The van der Waals surface area contributed by atoms with Crippen LogP contribution in [0.2, 0.25) is 0 Å². The first kappa shape index (κ1) is 22.1. The quantitative estimate of drug-likeness (QED) is 0.454. The highest BCUT2D eigenvalue weighted by atomic mass is 16.5. The van der Waals surface area contributed by atoms with E-state index in [1.54, 1.807) is 24.3 Å². The maximum atomic E-state index is 11.7. The lowest BCUT2D eigenvalue weighted by atomic mass is 10.0. The van der Waals surface area contributed by atoms with E-state index in [0.717, 1.165) is 23.1 Å². The number of phenols is 1. The molecule has 160 valence electrons. The van der Waals surface area contributed by atoms with Gasteiger partial charge in [0.25, 0.3) is 0 Å². The maximum Gasteiger partial charge on any atom is 0.335 e. The van der Waals surface area contributed by atoms with Crippen molar-refractivity contribution in [1.82, 2.24) is 0 Å². The number of hydrogen-bond donors (Lipinski definition) is 2. The van der Waals surface area contributed by atoms with Crippen LogP contribution in [0.5, 0.6) is 11.5 Å². The average Bonchev–Trinajstić information content (AvgIpc) is 2.74. The van der Waals surface area contributed by atoms with Crippen LogP contribution in [0.1, 0.15) is 63.2 Å². The van der Waals surface area contributed by atoms with Crippen molar-refractivity contribution in [1.29, 1.82) is 0 Å². The summed E-state index contributed by atoms with van der Waals surface area (Å²) in [6.07, 6.45) is 2.12. The van der Waals surface area contributed by atoms with Crippen molar-refractivity contribution in [2.24, 2.45) is 0 Å². The van der Waals surface area contributed by atoms with E-state index in [2.05, 4.69) is 0 Å². The second kappa shape index (κ2) is 9.94. The van der Waals surface area contributed by atoms with Crippen molar-refractivity contribution in [3.05, 3.63) is 94.0 Å². The fraction of sp³-hybridized carbons (Fsp3) is 0.231. The van der Waals surface area contributed by atoms with Gasteiger partial charge in [-0.15, -0.1) is 0 Å². The van der Waals surface area contributed by atoms with Gasteiger partial charge in [-0.25, -0.2) is 4.79 Å². The molecule has 3 aromatic carbocycles. The number of rotatable bonds is 9.